The minimum Gasteiger partial charge on any atom is -0.328 e. The summed E-state index contributed by atoms with van der Waals surface area (Å²) >= 11 is 0. The molecule has 2 rings (SSSR count). The average molecular weight is 220 g/mol. The van der Waals surface area contributed by atoms with Gasteiger partial charge in [0.1, 0.15) is 11.6 Å². The Balaban J connectivity index is 0.000000980. The third-order valence-corrected chi connectivity index (χ3v) is 2.53. The fraction of sp³-hybridized carbons (Fsp3) is 0.400. The maximum Gasteiger partial charge on any atom is 0.126 e. The number of rotatable bonds is 1. The molecule has 4 heteroatoms. The lowest BCUT2D eigenvalue weighted by Crippen LogP contribution is -2.34. The van der Waals surface area contributed by atoms with Crippen molar-refractivity contribution in [1.29, 1.82) is 0 Å². The van der Waals surface area contributed by atoms with Crippen LogP contribution >= 0.6 is 12.4 Å². The van der Waals surface area contributed by atoms with Crippen molar-refractivity contribution in [3.63, 3.8) is 0 Å². The molecule has 14 heavy (non-hydrogen) atoms. The minimum atomic E-state index is -0.504. The smallest absolute Gasteiger partial charge is 0.126 e. The van der Waals surface area contributed by atoms with E-state index in [1.807, 2.05) is 0 Å². The Hall–Kier alpha value is -0.670. The maximum atomic E-state index is 12.8. The van der Waals surface area contributed by atoms with Crippen LogP contribution in [0.1, 0.15) is 24.3 Å². The van der Waals surface area contributed by atoms with Crippen molar-refractivity contribution in [2.24, 2.45) is 5.73 Å². The van der Waals surface area contributed by atoms with Crippen LogP contribution in [0.15, 0.2) is 18.2 Å². The zero-order valence-corrected chi connectivity index (χ0v) is 8.36. The molecule has 0 spiro atoms. The zero-order valence-electron chi connectivity index (χ0n) is 7.54. The van der Waals surface area contributed by atoms with Gasteiger partial charge in [-0.05, 0) is 36.5 Å². The van der Waals surface area contributed by atoms with Crippen molar-refractivity contribution in [3.8, 4) is 0 Å². The topological polar surface area (TPSA) is 26.0 Å². The van der Waals surface area contributed by atoms with Crippen molar-refractivity contribution in [1.82, 2.24) is 0 Å². The van der Waals surface area contributed by atoms with Crippen LogP contribution in [-0.2, 0) is 0 Å². The summed E-state index contributed by atoms with van der Waals surface area (Å²) in [6, 6.07) is 3.87. The first-order chi connectivity index (χ1) is 6.15. The first kappa shape index (κ1) is 11.4. The van der Waals surface area contributed by atoms with Gasteiger partial charge in [0.25, 0.3) is 0 Å². The lowest BCUT2D eigenvalue weighted by Gasteiger charge is -2.32. The lowest BCUT2D eigenvalue weighted by molar-refractivity contribution is 0.349. The monoisotopic (exact) mass is 219 g/mol. The SMILES string of the molecule is Cl.NC1CC(c2cc(F)cc(F)c2)C1. The Morgan fingerprint density at radius 1 is 1.07 bits per heavy atom. The predicted octanol–water partition coefficient (Wildman–Crippen LogP) is 2.59. The molecule has 0 aromatic heterocycles. The van der Waals surface area contributed by atoms with Gasteiger partial charge in [-0.2, -0.15) is 0 Å². The second kappa shape index (κ2) is 4.24. The van der Waals surface area contributed by atoms with Gasteiger partial charge in [-0.15, -0.1) is 12.4 Å². The van der Waals surface area contributed by atoms with Gasteiger partial charge in [0.15, 0.2) is 0 Å². The molecule has 0 saturated heterocycles. The lowest BCUT2D eigenvalue weighted by atomic mass is 9.76. The van der Waals surface area contributed by atoms with Gasteiger partial charge in [0.05, 0.1) is 0 Å². The van der Waals surface area contributed by atoms with E-state index < -0.39 is 11.6 Å². The van der Waals surface area contributed by atoms with E-state index >= 15 is 0 Å². The number of nitrogens with two attached hydrogens (primary N) is 1. The number of hydrogen-bond donors (Lipinski definition) is 1. The maximum absolute atomic E-state index is 12.8. The van der Waals surface area contributed by atoms with Crippen LogP contribution in [0.25, 0.3) is 0 Å². The molecule has 0 heterocycles. The average Bonchev–Trinajstić information content (AvgIpc) is 1.96. The second-order valence-corrected chi connectivity index (χ2v) is 3.63. The molecule has 78 valence electrons. The molecule has 1 aliphatic carbocycles. The van der Waals surface area contributed by atoms with Crippen molar-refractivity contribution in [3.05, 3.63) is 35.4 Å². The molecule has 0 radical (unpaired) electrons. The van der Waals surface area contributed by atoms with E-state index in [4.69, 9.17) is 5.73 Å². The molecule has 1 saturated carbocycles. The van der Waals surface area contributed by atoms with Crippen LogP contribution in [0.5, 0.6) is 0 Å². The molecule has 1 aliphatic rings. The summed E-state index contributed by atoms with van der Waals surface area (Å²) in [7, 11) is 0. The Bertz CT molecular complexity index is 304. The zero-order chi connectivity index (χ0) is 9.42. The largest absolute Gasteiger partial charge is 0.328 e. The normalized spacial score (nSPS) is 25.1. The van der Waals surface area contributed by atoms with Crippen LogP contribution in [0, 0.1) is 11.6 Å². The molecule has 2 N–H and O–H groups in total. The van der Waals surface area contributed by atoms with Crippen LogP contribution in [0.2, 0.25) is 0 Å². The first-order valence-corrected chi connectivity index (χ1v) is 4.37. The van der Waals surface area contributed by atoms with Crippen LogP contribution < -0.4 is 5.73 Å². The Morgan fingerprint density at radius 2 is 1.57 bits per heavy atom. The summed E-state index contributed by atoms with van der Waals surface area (Å²) in [5.74, 6) is -0.758. The van der Waals surface area contributed by atoms with Crippen LogP contribution in [0.4, 0.5) is 8.78 Å². The molecular weight excluding hydrogens is 208 g/mol. The quantitative estimate of drug-likeness (QED) is 0.772. The van der Waals surface area contributed by atoms with Crippen molar-refractivity contribution in [2.75, 3.05) is 0 Å². The van der Waals surface area contributed by atoms with E-state index in [9.17, 15) is 8.78 Å². The van der Waals surface area contributed by atoms with E-state index in [0.29, 0.717) is 0 Å². The van der Waals surface area contributed by atoms with Crippen molar-refractivity contribution in [2.45, 2.75) is 24.8 Å². The third kappa shape index (κ3) is 2.22. The summed E-state index contributed by atoms with van der Waals surface area (Å²) in [4.78, 5) is 0. The highest BCUT2D eigenvalue weighted by Crippen LogP contribution is 2.35. The first-order valence-electron chi connectivity index (χ1n) is 4.37. The minimum absolute atomic E-state index is 0. The van der Waals surface area contributed by atoms with E-state index in [0.717, 1.165) is 24.5 Å². The van der Waals surface area contributed by atoms with Crippen molar-refractivity contribution >= 4 is 12.4 Å². The summed E-state index contributed by atoms with van der Waals surface area (Å²) in [5.41, 5.74) is 6.33. The Morgan fingerprint density at radius 3 is 2.00 bits per heavy atom. The molecule has 0 bridgehead atoms. The molecular formula is C10H12ClF2N. The van der Waals surface area contributed by atoms with Gasteiger partial charge < -0.3 is 5.73 Å². The highest BCUT2D eigenvalue weighted by atomic mass is 35.5. The number of hydrogen-bond acceptors (Lipinski definition) is 1. The number of benzene rings is 1. The summed E-state index contributed by atoms with van der Waals surface area (Å²) < 4.78 is 25.5. The highest BCUT2D eigenvalue weighted by molar-refractivity contribution is 5.85. The molecule has 1 aromatic rings. The molecule has 1 nitrogen and oxygen atoms in total. The summed E-state index contributed by atoms with van der Waals surface area (Å²) in [5, 5.41) is 0. The van der Waals surface area contributed by atoms with E-state index in [2.05, 4.69) is 0 Å². The van der Waals surface area contributed by atoms with Gasteiger partial charge in [-0.3, -0.25) is 0 Å². The van der Waals surface area contributed by atoms with E-state index in [1.165, 1.54) is 12.1 Å². The van der Waals surface area contributed by atoms with Crippen molar-refractivity contribution < 1.29 is 8.78 Å². The fourth-order valence-electron chi connectivity index (χ4n) is 1.74. The fourth-order valence-corrected chi connectivity index (χ4v) is 1.74. The molecule has 1 aromatic carbocycles. The Labute approximate surface area is 87.7 Å². The summed E-state index contributed by atoms with van der Waals surface area (Å²) in [6.45, 7) is 0. The highest BCUT2D eigenvalue weighted by Gasteiger charge is 2.27. The van der Waals surface area contributed by atoms with Gasteiger partial charge in [0.2, 0.25) is 0 Å². The van der Waals surface area contributed by atoms with E-state index in [1.54, 1.807) is 0 Å². The number of halogens is 3. The molecule has 0 amide bonds. The standard InChI is InChI=1S/C10H11F2N.ClH/c11-8-1-6(2-9(12)5-8)7-3-10(13)4-7;/h1-2,5,7,10H,3-4,13H2;1H. The van der Waals surface area contributed by atoms with Crippen LogP contribution in [0.3, 0.4) is 0 Å². The molecule has 0 aliphatic heterocycles. The molecule has 0 unspecified atom stereocenters. The van der Waals surface area contributed by atoms with E-state index in [-0.39, 0.29) is 24.4 Å². The Kier molecular flexibility index (Phi) is 3.45. The molecule has 1 fully saturated rings. The van der Waals surface area contributed by atoms with Gasteiger partial charge in [-0.25, -0.2) is 8.78 Å². The van der Waals surface area contributed by atoms with Crippen LogP contribution in [-0.4, -0.2) is 6.04 Å². The van der Waals surface area contributed by atoms with Gasteiger partial charge in [-0.1, -0.05) is 0 Å². The summed E-state index contributed by atoms with van der Waals surface area (Å²) in [6.07, 6.45) is 1.67. The second-order valence-electron chi connectivity index (χ2n) is 3.63. The predicted molar refractivity (Wildman–Crippen MR) is 53.6 cm³/mol. The molecule has 0 atom stereocenters. The van der Waals surface area contributed by atoms with Gasteiger partial charge >= 0.3 is 0 Å². The van der Waals surface area contributed by atoms with Gasteiger partial charge in [0, 0.05) is 12.1 Å². The third-order valence-electron chi connectivity index (χ3n) is 2.53.